The van der Waals surface area contributed by atoms with Gasteiger partial charge in [0.05, 0.1) is 7.11 Å². The van der Waals surface area contributed by atoms with Crippen molar-refractivity contribution in [1.29, 1.82) is 0 Å². The summed E-state index contributed by atoms with van der Waals surface area (Å²) in [6.07, 6.45) is 3.11. The van der Waals surface area contributed by atoms with Crippen molar-refractivity contribution in [2.75, 3.05) is 13.7 Å². The number of hydrogen-bond acceptors (Lipinski definition) is 5. The van der Waals surface area contributed by atoms with Gasteiger partial charge in [-0.25, -0.2) is 9.59 Å². The number of amides is 1. The molecule has 0 heterocycles. The van der Waals surface area contributed by atoms with Crippen LogP contribution in [0.15, 0.2) is 30.3 Å². The first kappa shape index (κ1) is 20.7. The van der Waals surface area contributed by atoms with Gasteiger partial charge in [0, 0.05) is 11.1 Å². The first-order valence-corrected chi connectivity index (χ1v) is 8.17. The lowest BCUT2D eigenvalue weighted by Crippen LogP contribution is -2.44. The van der Waals surface area contributed by atoms with Gasteiger partial charge in [-0.05, 0) is 30.0 Å². The molecule has 0 aromatic heterocycles. The van der Waals surface area contributed by atoms with Gasteiger partial charge >= 0.3 is 11.9 Å². The molecular formula is C18H22ClNO5. The van der Waals surface area contributed by atoms with Gasteiger partial charge < -0.3 is 14.8 Å². The van der Waals surface area contributed by atoms with Crippen LogP contribution in [0.3, 0.4) is 0 Å². The van der Waals surface area contributed by atoms with Crippen LogP contribution in [0.25, 0.3) is 6.08 Å². The average molecular weight is 368 g/mol. The lowest BCUT2D eigenvalue weighted by molar-refractivity contribution is -0.148. The first-order chi connectivity index (χ1) is 11.8. The lowest BCUT2D eigenvalue weighted by atomic mass is 10.0. The minimum absolute atomic E-state index is 0.186. The standard InChI is InChI=1S/C18H22ClNO5/c1-12(2)10-15(18(23)24-3)20-16(21)11-25-17(22)9-8-13-6-4-5-7-14(13)19/h4-9,12,15H,10-11H2,1-3H3,(H,20,21)/b9-8+/t15-/m1/s1. The quantitative estimate of drug-likeness (QED) is 0.564. The largest absolute Gasteiger partial charge is 0.467 e. The second-order valence-corrected chi connectivity index (χ2v) is 6.14. The highest BCUT2D eigenvalue weighted by Gasteiger charge is 2.22. The van der Waals surface area contributed by atoms with Crippen LogP contribution in [0.4, 0.5) is 0 Å². The molecule has 25 heavy (non-hydrogen) atoms. The number of ether oxygens (including phenoxy) is 2. The minimum Gasteiger partial charge on any atom is -0.467 e. The minimum atomic E-state index is -0.769. The van der Waals surface area contributed by atoms with E-state index < -0.39 is 30.5 Å². The van der Waals surface area contributed by atoms with Crippen molar-refractivity contribution in [1.82, 2.24) is 5.32 Å². The van der Waals surface area contributed by atoms with Crippen LogP contribution in [-0.2, 0) is 23.9 Å². The third-order valence-corrected chi connectivity index (χ3v) is 3.52. The molecule has 1 aromatic rings. The van der Waals surface area contributed by atoms with Gasteiger partial charge in [0.15, 0.2) is 6.61 Å². The summed E-state index contributed by atoms with van der Waals surface area (Å²) in [6.45, 7) is 3.35. The van der Waals surface area contributed by atoms with Crippen molar-refractivity contribution in [2.45, 2.75) is 26.3 Å². The number of benzene rings is 1. The number of carbonyl (C=O) groups is 3. The highest BCUT2D eigenvalue weighted by molar-refractivity contribution is 6.32. The summed E-state index contributed by atoms with van der Waals surface area (Å²) in [5, 5.41) is 3.00. The third kappa shape index (κ3) is 7.85. The topological polar surface area (TPSA) is 81.7 Å². The van der Waals surface area contributed by atoms with E-state index in [0.717, 1.165) is 0 Å². The molecular weight excluding hydrogens is 346 g/mol. The van der Waals surface area contributed by atoms with Gasteiger partial charge in [0.25, 0.3) is 5.91 Å². The molecule has 0 aliphatic carbocycles. The molecule has 0 fully saturated rings. The van der Waals surface area contributed by atoms with Crippen LogP contribution in [-0.4, -0.2) is 37.6 Å². The molecule has 136 valence electrons. The molecule has 0 unspecified atom stereocenters. The molecule has 1 aromatic carbocycles. The normalized spacial score (nSPS) is 12.0. The number of carbonyl (C=O) groups excluding carboxylic acids is 3. The zero-order valence-electron chi connectivity index (χ0n) is 14.5. The van der Waals surface area contributed by atoms with E-state index in [0.29, 0.717) is 17.0 Å². The van der Waals surface area contributed by atoms with Crippen molar-refractivity contribution in [3.63, 3.8) is 0 Å². The van der Waals surface area contributed by atoms with Crippen molar-refractivity contribution in [3.8, 4) is 0 Å². The molecule has 6 nitrogen and oxygen atoms in total. The number of methoxy groups -OCH3 is 1. The molecule has 1 amide bonds. The summed E-state index contributed by atoms with van der Waals surface area (Å²) < 4.78 is 9.51. The van der Waals surface area contributed by atoms with E-state index in [1.807, 2.05) is 13.8 Å². The Kier molecular flexibility index (Phi) is 8.70. The highest BCUT2D eigenvalue weighted by atomic mass is 35.5. The van der Waals surface area contributed by atoms with Crippen LogP contribution in [0.2, 0.25) is 5.02 Å². The summed E-state index contributed by atoms with van der Waals surface area (Å²) in [5.74, 6) is -1.61. The Morgan fingerprint density at radius 1 is 1.24 bits per heavy atom. The highest BCUT2D eigenvalue weighted by Crippen LogP contribution is 2.16. The van der Waals surface area contributed by atoms with E-state index in [1.54, 1.807) is 24.3 Å². The molecule has 0 bridgehead atoms. The van der Waals surface area contributed by atoms with Gasteiger partial charge in [0.2, 0.25) is 0 Å². The fraction of sp³-hybridized carbons (Fsp3) is 0.389. The van der Waals surface area contributed by atoms with Crippen LogP contribution in [0.5, 0.6) is 0 Å². The number of hydrogen-bond donors (Lipinski definition) is 1. The van der Waals surface area contributed by atoms with Crippen LogP contribution in [0, 0.1) is 5.92 Å². The molecule has 1 rings (SSSR count). The third-order valence-electron chi connectivity index (χ3n) is 3.18. The fourth-order valence-corrected chi connectivity index (χ4v) is 2.22. The molecule has 1 atom stereocenters. The van der Waals surface area contributed by atoms with Crippen LogP contribution < -0.4 is 5.32 Å². The molecule has 1 N–H and O–H groups in total. The van der Waals surface area contributed by atoms with Crippen LogP contribution >= 0.6 is 11.6 Å². The predicted molar refractivity (Wildman–Crippen MR) is 94.8 cm³/mol. The van der Waals surface area contributed by atoms with Crippen molar-refractivity contribution in [2.24, 2.45) is 5.92 Å². The zero-order chi connectivity index (χ0) is 18.8. The monoisotopic (exact) mass is 367 g/mol. The average Bonchev–Trinajstić information content (AvgIpc) is 2.57. The summed E-state index contributed by atoms with van der Waals surface area (Å²) in [5.41, 5.74) is 0.660. The number of nitrogens with one attached hydrogen (secondary N) is 1. The van der Waals surface area contributed by atoms with E-state index in [2.05, 4.69) is 10.1 Å². The maximum Gasteiger partial charge on any atom is 0.331 e. The van der Waals surface area contributed by atoms with Gasteiger partial charge in [-0.2, -0.15) is 0 Å². The van der Waals surface area contributed by atoms with Crippen molar-refractivity contribution < 1.29 is 23.9 Å². The Hall–Kier alpha value is -2.34. The maximum absolute atomic E-state index is 11.8. The number of rotatable bonds is 8. The number of halogens is 1. The molecule has 7 heteroatoms. The maximum atomic E-state index is 11.8. The second-order valence-electron chi connectivity index (χ2n) is 5.74. The van der Waals surface area contributed by atoms with Gasteiger partial charge in [-0.3, -0.25) is 4.79 Å². The van der Waals surface area contributed by atoms with Crippen LogP contribution in [0.1, 0.15) is 25.8 Å². The van der Waals surface area contributed by atoms with E-state index in [-0.39, 0.29) is 5.92 Å². The van der Waals surface area contributed by atoms with Gasteiger partial charge in [-0.15, -0.1) is 0 Å². The molecule has 0 saturated carbocycles. The summed E-state index contributed by atoms with van der Waals surface area (Å²) in [6, 6.07) is 6.23. The molecule has 0 saturated heterocycles. The fourth-order valence-electron chi connectivity index (χ4n) is 2.02. The summed E-state index contributed by atoms with van der Waals surface area (Å²) >= 11 is 5.97. The van der Waals surface area contributed by atoms with E-state index >= 15 is 0 Å². The zero-order valence-corrected chi connectivity index (χ0v) is 15.2. The summed E-state index contributed by atoms with van der Waals surface area (Å²) in [4.78, 5) is 35.2. The van der Waals surface area contributed by atoms with E-state index in [4.69, 9.17) is 16.3 Å². The second kappa shape index (κ2) is 10.5. The molecule has 0 radical (unpaired) electrons. The van der Waals surface area contributed by atoms with Gasteiger partial charge in [0.1, 0.15) is 6.04 Å². The van der Waals surface area contributed by atoms with E-state index in [1.165, 1.54) is 19.3 Å². The smallest absolute Gasteiger partial charge is 0.331 e. The molecule has 0 aliphatic rings. The Bertz CT molecular complexity index is 642. The SMILES string of the molecule is COC(=O)[C@@H](CC(C)C)NC(=O)COC(=O)/C=C/c1ccccc1Cl. The van der Waals surface area contributed by atoms with E-state index in [9.17, 15) is 14.4 Å². The Balaban J connectivity index is 2.50. The Labute approximate surface area is 152 Å². The Morgan fingerprint density at radius 2 is 1.92 bits per heavy atom. The predicted octanol–water partition coefficient (Wildman–Crippen LogP) is 2.60. The molecule has 0 spiro atoms. The van der Waals surface area contributed by atoms with Crippen molar-refractivity contribution >= 4 is 35.5 Å². The molecule has 0 aliphatic heterocycles. The first-order valence-electron chi connectivity index (χ1n) is 7.80. The summed E-state index contributed by atoms with van der Waals surface area (Å²) in [7, 11) is 1.25. The van der Waals surface area contributed by atoms with Crippen molar-refractivity contribution in [3.05, 3.63) is 40.9 Å². The lowest BCUT2D eigenvalue weighted by Gasteiger charge is -2.18. The Morgan fingerprint density at radius 3 is 2.52 bits per heavy atom. The van der Waals surface area contributed by atoms with Gasteiger partial charge in [-0.1, -0.05) is 43.6 Å². The number of esters is 2.